The predicted octanol–water partition coefficient (Wildman–Crippen LogP) is 3.14. The number of alkyl halides is 2. The van der Waals surface area contributed by atoms with E-state index in [4.69, 9.17) is 16.3 Å². The van der Waals surface area contributed by atoms with Crippen LogP contribution in [0.2, 0.25) is 5.02 Å². The van der Waals surface area contributed by atoms with Gasteiger partial charge < -0.3 is 20.1 Å². The van der Waals surface area contributed by atoms with Crippen molar-refractivity contribution in [1.82, 2.24) is 9.88 Å². The highest BCUT2D eigenvalue weighted by Gasteiger charge is 2.85. The molecule has 2 N–H and O–H groups in total. The maximum Gasteiger partial charge on any atom is 0.255 e. The van der Waals surface area contributed by atoms with E-state index in [-0.39, 0.29) is 24.3 Å². The van der Waals surface area contributed by atoms with E-state index in [1.165, 1.54) is 0 Å². The van der Waals surface area contributed by atoms with Crippen molar-refractivity contribution >= 4 is 39.8 Å². The fraction of sp³-hybridized carbons (Fsp3) is 0.583. The molecular weight excluding hydrogens is 466 g/mol. The highest BCUT2D eigenvalue weighted by atomic mass is 35.5. The molecule has 0 radical (unpaired) electrons. The minimum Gasteiger partial charge on any atom is -0.389 e. The lowest BCUT2D eigenvalue weighted by molar-refractivity contribution is -0.118. The Morgan fingerprint density at radius 2 is 1.97 bits per heavy atom. The van der Waals surface area contributed by atoms with Crippen LogP contribution in [0.3, 0.4) is 0 Å². The number of rotatable bonds is 4. The van der Waals surface area contributed by atoms with Crippen molar-refractivity contribution in [3.63, 3.8) is 0 Å². The summed E-state index contributed by atoms with van der Waals surface area (Å²) >= 11 is 6.61. The van der Waals surface area contributed by atoms with Crippen LogP contribution in [0.4, 0.5) is 20.3 Å². The first kappa shape index (κ1) is 22.4. The Bertz CT molecular complexity index is 1170. The number of piperazine rings is 1. The number of pyridine rings is 1. The van der Waals surface area contributed by atoms with Crippen LogP contribution in [0.5, 0.6) is 0 Å². The highest BCUT2D eigenvalue weighted by molar-refractivity contribution is 6.34. The summed E-state index contributed by atoms with van der Waals surface area (Å²) in [6.45, 7) is 5.98. The van der Waals surface area contributed by atoms with E-state index in [9.17, 15) is 18.7 Å². The molecule has 4 aliphatic rings. The average molecular weight is 493 g/mol. The van der Waals surface area contributed by atoms with E-state index in [0.717, 1.165) is 42.6 Å². The van der Waals surface area contributed by atoms with E-state index in [0.29, 0.717) is 24.1 Å². The van der Waals surface area contributed by atoms with Gasteiger partial charge in [0.25, 0.3) is 5.92 Å². The minimum atomic E-state index is -2.71. The van der Waals surface area contributed by atoms with Crippen molar-refractivity contribution in [2.75, 3.05) is 49.6 Å². The molecule has 6 rings (SSSR count). The number of halogens is 3. The smallest absolute Gasteiger partial charge is 0.255 e. The summed E-state index contributed by atoms with van der Waals surface area (Å²) in [5.74, 6) is -3.38. The molecule has 4 atom stereocenters. The van der Waals surface area contributed by atoms with Crippen LogP contribution in [0.25, 0.3) is 10.8 Å². The number of amides is 1. The lowest BCUT2D eigenvalue weighted by Crippen LogP contribution is -2.60. The average Bonchev–Trinajstić information content (AvgIpc) is 3.62. The second kappa shape index (κ2) is 7.46. The Morgan fingerprint density at radius 1 is 1.24 bits per heavy atom. The molecule has 0 unspecified atom stereocenters. The monoisotopic (exact) mass is 492 g/mol. The number of aromatic nitrogens is 1. The van der Waals surface area contributed by atoms with Crippen molar-refractivity contribution in [3.05, 3.63) is 29.4 Å². The summed E-state index contributed by atoms with van der Waals surface area (Å²) in [6, 6.07) is 5.60. The van der Waals surface area contributed by atoms with Crippen molar-refractivity contribution < 1.29 is 23.4 Å². The van der Waals surface area contributed by atoms with E-state index >= 15 is 0 Å². The molecule has 2 aliphatic carbocycles. The second-order valence-electron chi connectivity index (χ2n) is 10.4. The van der Waals surface area contributed by atoms with Gasteiger partial charge in [0.15, 0.2) is 0 Å². The van der Waals surface area contributed by atoms with Crippen molar-refractivity contribution in [1.29, 1.82) is 0 Å². The van der Waals surface area contributed by atoms with Crippen LogP contribution >= 0.6 is 11.6 Å². The van der Waals surface area contributed by atoms with Crippen LogP contribution in [0, 0.1) is 11.3 Å². The first-order valence-corrected chi connectivity index (χ1v) is 12.0. The SMILES string of the molecule is C[C@]1(N2CCN(c3cc4cc(NC(=O)[C@@H]5C[C@@]56CC6(F)F)ncc4cc3Cl)CC2)COC[C@H]1O. The van der Waals surface area contributed by atoms with Crippen molar-refractivity contribution in [2.45, 2.75) is 37.3 Å². The van der Waals surface area contributed by atoms with Gasteiger partial charge in [-0.05, 0) is 36.9 Å². The normalized spacial score (nSPS) is 34.6. The number of aliphatic hydroxyl groups excluding tert-OH is 1. The topological polar surface area (TPSA) is 77.9 Å². The molecule has 3 heterocycles. The maximum absolute atomic E-state index is 13.5. The van der Waals surface area contributed by atoms with Crippen LogP contribution in [0.1, 0.15) is 19.8 Å². The summed E-state index contributed by atoms with van der Waals surface area (Å²) in [7, 11) is 0. The Balaban J connectivity index is 1.17. The van der Waals surface area contributed by atoms with Gasteiger partial charge in [0.1, 0.15) is 5.82 Å². The molecule has 7 nitrogen and oxygen atoms in total. The van der Waals surface area contributed by atoms with Crippen LogP contribution in [-0.4, -0.2) is 77.9 Å². The molecule has 182 valence electrons. The second-order valence-corrected chi connectivity index (χ2v) is 10.8. The van der Waals surface area contributed by atoms with Gasteiger partial charge >= 0.3 is 0 Å². The van der Waals surface area contributed by atoms with E-state index in [2.05, 4.69) is 20.1 Å². The number of nitrogens with zero attached hydrogens (tertiary/aromatic N) is 3. The van der Waals surface area contributed by atoms with Crippen LogP contribution in [-0.2, 0) is 9.53 Å². The molecule has 10 heteroatoms. The van der Waals surface area contributed by atoms with Crippen LogP contribution < -0.4 is 10.2 Å². The number of benzene rings is 1. The number of carbonyl (C=O) groups excluding carboxylic acids is 1. The summed E-state index contributed by atoms with van der Waals surface area (Å²) in [5.41, 5.74) is -0.582. The molecule has 1 amide bonds. The maximum atomic E-state index is 13.5. The number of hydrogen-bond acceptors (Lipinski definition) is 6. The van der Waals surface area contributed by atoms with Gasteiger partial charge in [-0.1, -0.05) is 11.6 Å². The molecular formula is C24H27ClF2N4O3. The zero-order chi connectivity index (χ0) is 23.9. The fourth-order valence-corrected chi connectivity index (χ4v) is 5.98. The Morgan fingerprint density at radius 3 is 2.59 bits per heavy atom. The lowest BCUT2D eigenvalue weighted by Gasteiger charge is -2.45. The zero-order valence-corrected chi connectivity index (χ0v) is 19.6. The molecule has 0 bridgehead atoms. The number of aliphatic hydroxyl groups is 1. The number of fused-ring (bicyclic) bond motifs is 1. The van der Waals surface area contributed by atoms with Gasteiger partial charge in [-0.2, -0.15) is 0 Å². The van der Waals surface area contributed by atoms with Crippen LogP contribution in [0.15, 0.2) is 24.4 Å². The number of carbonyl (C=O) groups is 1. The molecule has 2 saturated heterocycles. The minimum absolute atomic E-state index is 0.191. The fourth-order valence-electron chi connectivity index (χ4n) is 5.69. The predicted molar refractivity (Wildman–Crippen MR) is 125 cm³/mol. The van der Waals surface area contributed by atoms with Gasteiger partial charge in [-0.25, -0.2) is 13.8 Å². The number of ether oxygens (including phenoxy) is 1. The molecule has 4 fully saturated rings. The summed E-state index contributed by atoms with van der Waals surface area (Å²) in [4.78, 5) is 21.2. The molecule has 2 aromatic rings. The Hall–Kier alpha value is -2.07. The van der Waals surface area contributed by atoms with Crippen molar-refractivity contribution in [2.24, 2.45) is 11.3 Å². The van der Waals surface area contributed by atoms with Gasteiger partial charge in [-0.3, -0.25) is 9.69 Å². The molecule has 2 aliphatic heterocycles. The highest BCUT2D eigenvalue weighted by Crippen LogP contribution is 2.79. The lowest BCUT2D eigenvalue weighted by atomic mass is 9.95. The Kier molecular flexibility index (Phi) is 4.92. The summed E-state index contributed by atoms with van der Waals surface area (Å²) < 4.78 is 32.5. The van der Waals surface area contributed by atoms with E-state index < -0.39 is 23.4 Å². The Labute approximate surface area is 201 Å². The van der Waals surface area contributed by atoms with Gasteiger partial charge in [0, 0.05) is 44.2 Å². The van der Waals surface area contributed by atoms with E-state index in [1.54, 1.807) is 12.3 Å². The van der Waals surface area contributed by atoms with Crippen molar-refractivity contribution in [3.8, 4) is 0 Å². The standard InChI is InChI=1S/C24H27ClF2N4O3/c1-22(13-34-11-19(22)32)31-4-2-30(3-5-31)18-7-14-8-20(28-10-15(14)6-17(18)25)29-21(33)16-9-23(16)12-24(23,26)27/h6-8,10,16,19,32H,2-5,9,11-13H2,1H3,(H,28,29,33)/t16-,19+,22-,23+/m0/s1. The number of anilines is 2. The first-order chi connectivity index (χ1) is 16.1. The first-order valence-electron chi connectivity index (χ1n) is 11.7. The van der Waals surface area contributed by atoms with Gasteiger partial charge in [0.2, 0.25) is 5.91 Å². The number of hydrogen-bond donors (Lipinski definition) is 2. The third kappa shape index (κ3) is 3.39. The molecule has 2 saturated carbocycles. The summed E-state index contributed by atoms with van der Waals surface area (Å²) in [5, 5.41) is 15.4. The largest absolute Gasteiger partial charge is 0.389 e. The number of nitrogens with one attached hydrogen (secondary N) is 1. The van der Waals surface area contributed by atoms with Gasteiger partial charge in [0.05, 0.1) is 46.9 Å². The zero-order valence-electron chi connectivity index (χ0n) is 18.9. The molecule has 1 aromatic carbocycles. The third-order valence-electron chi connectivity index (χ3n) is 8.30. The quantitative estimate of drug-likeness (QED) is 0.683. The molecule has 1 spiro atoms. The van der Waals surface area contributed by atoms with E-state index in [1.807, 2.05) is 19.1 Å². The van der Waals surface area contributed by atoms with Gasteiger partial charge in [-0.15, -0.1) is 0 Å². The molecule has 1 aromatic heterocycles. The third-order valence-corrected chi connectivity index (χ3v) is 8.60. The molecule has 34 heavy (non-hydrogen) atoms. The summed E-state index contributed by atoms with van der Waals surface area (Å²) in [6.07, 6.45) is 1.19.